The number of nitrogens with one attached hydrogen (secondary N) is 1. The number of likely N-dealkylation sites (N-methyl/N-ethyl adjacent to an activating group) is 1. The van der Waals surface area contributed by atoms with Crippen molar-refractivity contribution in [2.24, 2.45) is 0 Å². The molecule has 0 saturated heterocycles. The van der Waals surface area contributed by atoms with Gasteiger partial charge in [-0.05, 0) is 36.8 Å². The normalized spacial score (nSPS) is 12.6. The first-order chi connectivity index (χ1) is 11.3. The first kappa shape index (κ1) is 18.6. The fourth-order valence-corrected chi connectivity index (χ4v) is 3.71. The van der Waals surface area contributed by atoms with Crippen molar-refractivity contribution in [2.45, 2.75) is 24.4 Å². The smallest absolute Gasteiger partial charge is 0.241 e. The van der Waals surface area contributed by atoms with Gasteiger partial charge in [0.2, 0.25) is 15.9 Å². The second-order valence-electron chi connectivity index (χ2n) is 5.48. The van der Waals surface area contributed by atoms with E-state index in [0.29, 0.717) is 6.54 Å². The molecule has 7 heteroatoms. The summed E-state index contributed by atoms with van der Waals surface area (Å²) in [5.74, 6) is -0.294. The van der Waals surface area contributed by atoms with E-state index in [2.05, 4.69) is 20.7 Å². The monoisotopic (exact) mass is 410 g/mol. The number of carbonyl (C=O) groups excluding carboxylic acids is 1. The maximum Gasteiger partial charge on any atom is 0.241 e. The fraction of sp³-hybridized carbons (Fsp3) is 0.235. The Kier molecular flexibility index (Phi) is 6.15. The van der Waals surface area contributed by atoms with Crippen LogP contribution in [-0.2, 0) is 21.4 Å². The minimum Gasteiger partial charge on any atom is -0.340 e. The number of nitrogens with zero attached hydrogens (tertiary/aromatic N) is 1. The lowest BCUT2D eigenvalue weighted by Crippen LogP contribution is -2.45. The van der Waals surface area contributed by atoms with Crippen LogP contribution in [0.25, 0.3) is 0 Å². The Morgan fingerprint density at radius 1 is 1.12 bits per heavy atom. The number of amides is 1. The average Bonchev–Trinajstić information content (AvgIpc) is 2.56. The molecule has 0 aliphatic heterocycles. The quantitative estimate of drug-likeness (QED) is 0.795. The van der Waals surface area contributed by atoms with Gasteiger partial charge in [-0.15, -0.1) is 0 Å². The number of sulfonamides is 1. The molecule has 1 atom stereocenters. The number of hydrogen-bond acceptors (Lipinski definition) is 3. The van der Waals surface area contributed by atoms with Gasteiger partial charge >= 0.3 is 0 Å². The molecule has 24 heavy (non-hydrogen) atoms. The van der Waals surface area contributed by atoms with Crippen molar-refractivity contribution in [2.75, 3.05) is 7.05 Å². The molecule has 1 amide bonds. The van der Waals surface area contributed by atoms with Crippen molar-refractivity contribution in [3.05, 3.63) is 64.6 Å². The third-order valence-electron chi connectivity index (χ3n) is 3.47. The minimum atomic E-state index is -3.72. The van der Waals surface area contributed by atoms with Gasteiger partial charge in [0.05, 0.1) is 10.9 Å². The number of hydrogen-bond donors (Lipinski definition) is 1. The summed E-state index contributed by atoms with van der Waals surface area (Å²) in [7, 11) is -2.07. The molecule has 0 aliphatic carbocycles. The van der Waals surface area contributed by atoms with E-state index < -0.39 is 16.1 Å². The van der Waals surface area contributed by atoms with Crippen molar-refractivity contribution in [3.8, 4) is 0 Å². The zero-order valence-corrected chi connectivity index (χ0v) is 15.8. The van der Waals surface area contributed by atoms with Crippen LogP contribution in [0.3, 0.4) is 0 Å². The molecular formula is C17H19BrN2O3S. The fourth-order valence-electron chi connectivity index (χ4n) is 2.22. The second kappa shape index (κ2) is 7.92. The summed E-state index contributed by atoms with van der Waals surface area (Å²) in [5.41, 5.74) is 0.965. The van der Waals surface area contributed by atoms with Gasteiger partial charge in [-0.3, -0.25) is 4.79 Å². The Morgan fingerprint density at radius 3 is 2.29 bits per heavy atom. The molecule has 1 N–H and O–H groups in total. The van der Waals surface area contributed by atoms with E-state index in [4.69, 9.17) is 0 Å². The van der Waals surface area contributed by atoms with E-state index in [1.54, 1.807) is 32.2 Å². The highest BCUT2D eigenvalue weighted by atomic mass is 79.9. The molecule has 1 unspecified atom stereocenters. The molecule has 0 radical (unpaired) electrons. The van der Waals surface area contributed by atoms with E-state index >= 15 is 0 Å². The number of rotatable bonds is 6. The second-order valence-corrected chi connectivity index (χ2v) is 8.11. The highest BCUT2D eigenvalue weighted by Crippen LogP contribution is 2.13. The summed E-state index contributed by atoms with van der Waals surface area (Å²) in [5, 5.41) is 0. The van der Waals surface area contributed by atoms with Crippen molar-refractivity contribution in [3.63, 3.8) is 0 Å². The van der Waals surface area contributed by atoms with Crippen molar-refractivity contribution < 1.29 is 13.2 Å². The summed E-state index contributed by atoms with van der Waals surface area (Å²) in [6.45, 7) is 1.95. The van der Waals surface area contributed by atoms with Crippen LogP contribution in [0.2, 0.25) is 0 Å². The average molecular weight is 411 g/mol. The minimum absolute atomic E-state index is 0.139. The van der Waals surface area contributed by atoms with Crippen molar-refractivity contribution in [1.82, 2.24) is 9.62 Å². The van der Waals surface area contributed by atoms with Gasteiger partial charge in [-0.1, -0.05) is 46.3 Å². The van der Waals surface area contributed by atoms with E-state index in [9.17, 15) is 13.2 Å². The predicted molar refractivity (Wildman–Crippen MR) is 96.8 cm³/mol. The molecule has 0 saturated carbocycles. The molecular weight excluding hydrogens is 392 g/mol. The predicted octanol–water partition coefficient (Wildman–Crippen LogP) is 2.77. The SMILES string of the molecule is CC(NS(=O)(=O)c1ccccc1)C(=O)N(C)Cc1ccc(Br)cc1. The highest BCUT2D eigenvalue weighted by Gasteiger charge is 2.24. The summed E-state index contributed by atoms with van der Waals surface area (Å²) in [6, 6.07) is 14.8. The Morgan fingerprint density at radius 2 is 1.71 bits per heavy atom. The highest BCUT2D eigenvalue weighted by molar-refractivity contribution is 9.10. The van der Waals surface area contributed by atoms with E-state index in [1.807, 2.05) is 24.3 Å². The molecule has 128 valence electrons. The Labute approximate surface area is 150 Å². The lowest BCUT2D eigenvalue weighted by molar-refractivity contribution is -0.131. The van der Waals surface area contributed by atoms with Gasteiger partial charge in [0.25, 0.3) is 0 Å². The van der Waals surface area contributed by atoms with E-state index in [-0.39, 0.29) is 10.8 Å². The molecule has 0 fully saturated rings. The molecule has 0 aliphatic rings. The van der Waals surface area contributed by atoms with Gasteiger partial charge in [-0.2, -0.15) is 4.72 Å². The van der Waals surface area contributed by atoms with Crippen LogP contribution in [0.4, 0.5) is 0 Å². The van der Waals surface area contributed by atoms with Crippen LogP contribution in [0.15, 0.2) is 64.0 Å². The Bertz CT molecular complexity index is 792. The molecule has 5 nitrogen and oxygen atoms in total. The lowest BCUT2D eigenvalue weighted by atomic mass is 10.2. The molecule has 0 heterocycles. The number of carbonyl (C=O) groups is 1. The summed E-state index contributed by atoms with van der Waals surface area (Å²) in [6.07, 6.45) is 0. The van der Waals surface area contributed by atoms with Gasteiger partial charge in [0.1, 0.15) is 0 Å². The molecule has 2 rings (SSSR count). The third-order valence-corrected chi connectivity index (χ3v) is 5.55. The zero-order valence-electron chi connectivity index (χ0n) is 13.4. The Balaban J connectivity index is 2.02. The third kappa shape index (κ3) is 4.90. The summed E-state index contributed by atoms with van der Waals surface area (Å²) in [4.78, 5) is 14.1. The lowest BCUT2D eigenvalue weighted by Gasteiger charge is -2.22. The molecule has 0 spiro atoms. The van der Waals surface area contributed by atoms with Gasteiger partial charge in [-0.25, -0.2) is 8.42 Å². The van der Waals surface area contributed by atoms with Crippen LogP contribution in [0.1, 0.15) is 12.5 Å². The molecule has 0 aromatic heterocycles. The topological polar surface area (TPSA) is 66.5 Å². The van der Waals surface area contributed by atoms with E-state index in [1.165, 1.54) is 17.0 Å². The molecule has 2 aromatic rings. The number of halogens is 1. The van der Waals surface area contributed by atoms with Crippen LogP contribution < -0.4 is 4.72 Å². The summed E-state index contributed by atoms with van der Waals surface area (Å²) >= 11 is 3.36. The van der Waals surface area contributed by atoms with Crippen molar-refractivity contribution in [1.29, 1.82) is 0 Å². The van der Waals surface area contributed by atoms with Gasteiger partial charge < -0.3 is 4.90 Å². The van der Waals surface area contributed by atoms with Crippen molar-refractivity contribution >= 4 is 31.9 Å². The van der Waals surface area contributed by atoms with Crippen LogP contribution in [-0.4, -0.2) is 32.3 Å². The first-order valence-electron chi connectivity index (χ1n) is 7.36. The maximum atomic E-state index is 12.4. The van der Waals surface area contributed by atoms with E-state index in [0.717, 1.165) is 10.0 Å². The zero-order chi connectivity index (χ0) is 17.7. The van der Waals surface area contributed by atoms with Crippen LogP contribution >= 0.6 is 15.9 Å². The maximum absolute atomic E-state index is 12.4. The Hall–Kier alpha value is -1.70. The molecule has 2 aromatic carbocycles. The van der Waals surface area contributed by atoms with Gasteiger partial charge in [0.15, 0.2) is 0 Å². The van der Waals surface area contributed by atoms with Gasteiger partial charge in [0, 0.05) is 18.1 Å². The summed E-state index contributed by atoms with van der Waals surface area (Å²) < 4.78 is 27.9. The first-order valence-corrected chi connectivity index (χ1v) is 9.64. The standard InChI is InChI=1S/C17H19BrN2O3S/c1-13(19-24(22,23)16-6-4-3-5-7-16)17(21)20(2)12-14-8-10-15(18)11-9-14/h3-11,13,19H,12H2,1-2H3. The largest absolute Gasteiger partial charge is 0.340 e. The molecule has 0 bridgehead atoms. The number of benzene rings is 2. The van der Waals surface area contributed by atoms with Crippen LogP contribution in [0.5, 0.6) is 0 Å². The van der Waals surface area contributed by atoms with Crippen LogP contribution in [0, 0.1) is 0 Å².